The van der Waals surface area contributed by atoms with E-state index < -0.39 is 23.5 Å². The summed E-state index contributed by atoms with van der Waals surface area (Å²) in [5.41, 5.74) is 3.68. The zero-order chi connectivity index (χ0) is 22.8. The molecule has 4 rings (SSSR count). The summed E-state index contributed by atoms with van der Waals surface area (Å²) in [6.07, 6.45) is -0.0148. The Morgan fingerprint density at radius 2 is 1.28 bits per heavy atom. The van der Waals surface area contributed by atoms with E-state index in [4.69, 9.17) is 12.2 Å². The fourth-order valence-electron chi connectivity index (χ4n) is 3.84. The summed E-state index contributed by atoms with van der Waals surface area (Å²) in [7, 11) is 0. The van der Waals surface area contributed by atoms with Gasteiger partial charge in [0.1, 0.15) is 0 Å². The van der Waals surface area contributed by atoms with E-state index in [2.05, 4.69) is 0 Å². The van der Waals surface area contributed by atoms with Crippen molar-refractivity contribution in [1.82, 2.24) is 0 Å². The van der Waals surface area contributed by atoms with Crippen LogP contribution in [0.4, 0.5) is 11.4 Å². The number of amides is 2. The highest BCUT2D eigenvalue weighted by Gasteiger charge is 2.48. The van der Waals surface area contributed by atoms with Gasteiger partial charge < -0.3 is 0 Å². The van der Waals surface area contributed by atoms with Gasteiger partial charge in [-0.3, -0.25) is 24.2 Å². The van der Waals surface area contributed by atoms with Gasteiger partial charge in [-0.15, -0.1) is 0 Å². The maximum atomic E-state index is 13.5. The summed E-state index contributed by atoms with van der Waals surface area (Å²) in [6, 6.07) is 23.7. The Kier molecular flexibility index (Phi) is 5.97. The molecule has 3 aromatic carbocycles. The molecule has 3 aromatic rings. The van der Waals surface area contributed by atoms with Crippen LogP contribution < -0.4 is 9.80 Å². The number of carbonyl (C=O) groups is 3. The van der Waals surface area contributed by atoms with Crippen LogP contribution >= 0.6 is 12.2 Å². The summed E-state index contributed by atoms with van der Waals surface area (Å²) in [6.45, 7) is 3.81. The largest absolute Gasteiger partial charge is 0.298 e. The first-order valence-electron chi connectivity index (χ1n) is 10.3. The molecular weight excluding hydrogens is 420 g/mol. The molecule has 0 spiro atoms. The third-order valence-corrected chi connectivity index (χ3v) is 5.75. The molecule has 0 N–H and O–H groups in total. The standard InChI is InChI=1S/C26H22N2O3S/c1-17-8-6-12-20(14-17)27-24(30)23(22(29)16-19-10-4-3-5-11-19)25(31)28(26(27)32)21-13-7-9-18(2)15-21/h3-15,23H,16H2,1-2H3. The van der Waals surface area contributed by atoms with E-state index in [0.29, 0.717) is 11.4 Å². The molecule has 0 bridgehead atoms. The SMILES string of the molecule is Cc1cccc(N2C(=O)C(C(=O)Cc3ccccc3)C(=O)N(c3cccc(C)c3)C2=S)c1. The average molecular weight is 443 g/mol. The van der Waals surface area contributed by atoms with Gasteiger partial charge in [0.25, 0.3) is 11.8 Å². The average Bonchev–Trinajstić information content (AvgIpc) is 2.74. The zero-order valence-corrected chi connectivity index (χ0v) is 18.6. The molecule has 0 saturated carbocycles. The number of anilines is 2. The highest BCUT2D eigenvalue weighted by Crippen LogP contribution is 2.31. The number of carbonyl (C=O) groups excluding carboxylic acids is 3. The molecule has 1 aliphatic rings. The molecule has 32 heavy (non-hydrogen) atoms. The van der Waals surface area contributed by atoms with E-state index >= 15 is 0 Å². The second-order valence-electron chi connectivity index (χ2n) is 7.87. The summed E-state index contributed by atoms with van der Waals surface area (Å²) in [4.78, 5) is 42.9. The van der Waals surface area contributed by atoms with Gasteiger partial charge in [0, 0.05) is 6.42 Å². The lowest BCUT2D eigenvalue weighted by atomic mass is 9.93. The molecule has 1 fully saturated rings. The molecule has 160 valence electrons. The molecule has 0 radical (unpaired) electrons. The van der Waals surface area contributed by atoms with Crippen molar-refractivity contribution in [2.45, 2.75) is 20.3 Å². The van der Waals surface area contributed by atoms with Crippen molar-refractivity contribution in [3.8, 4) is 0 Å². The molecule has 6 heteroatoms. The van der Waals surface area contributed by atoms with Crippen molar-refractivity contribution >= 4 is 46.3 Å². The first kappa shape index (κ1) is 21.6. The third kappa shape index (κ3) is 4.09. The van der Waals surface area contributed by atoms with Gasteiger partial charge in [-0.05, 0) is 67.0 Å². The van der Waals surface area contributed by atoms with Crippen LogP contribution in [0.5, 0.6) is 0 Å². The Hall–Kier alpha value is -3.64. The van der Waals surface area contributed by atoms with Crippen molar-refractivity contribution in [2.24, 2.45) is 5.92 Å². The van der Waals surface area contributed by atoms with Gasteiger partial charge in [-0.1, -0.05) is 54.6 Å². The first-order chi connectivity index (χ1) is 15.4. The second-order valence-corrected chi connectivity index (χ2v) is 8.23. The van der Waals surface area contributed by atoms with Crippen LogP contribution in [0.2, 0.25) is 0 Å². The van der Waals surface area contributed by atoms with Crippen molar-refractivity contribution in [3.63, 3.8) is 0 Å². The molecule has 0 aliphatic carbocycles. The van der Waals surface area contributed by atoms with E-state index in [1.165, 1.54) is 9.80 Å². The predicted octanol–water partition coefficient (Wildman–Crippen LogP) is 4.40. The van der Waals surface area contributed by atoms with Crippen molar-refractivity contribution in [1.29, 1.82) is 0 Å². The van der Waals surface area contributed by atoms with E-state index in [1.54, 1.807) is 24.3 Å². The van der Waals surface area contributed by atoms with Crippen LogP contribution in [0.1, 0.15) is 16.7 Å². The van der Waals surface area contributed by atoms with Crippen LogP contribution in [-0.2, 0) is 20.8 Å². The van der Waals surface area contributed by atoms with Crippen LogP contribution in [0.25, 0.3) is 0 Å². The Morgan fingerprint density at radius 3 is 1.75 bits per heavy atom. The summed E-state index contributed by atoms with van der Waals surface area (Å²) < 4.78 is 0. The zero-order valence-electron chi connectivity index (χ0n) is 17.8. The quantitative estimate of drug-likeness (QED) is 0.434. The van der Waals surface area contributed by atoms with Gasteiger partial charge in [-0.25, -0.2) is 0 Å². The molecule has 1 aliphatic heterocycles. The topological polar surface area (TPSA) is 57.7 Å². The number of hydrogen-bond donors (Lipinski definition) is 0. The number of nitrogens with zero attached hydrogens (tertiary/aromatic N) is 2. The number of rotatable bonds is 5. The number of benzene rings is 3. The van der Waals surface area contributed by atoms with Crippen LogP contribution in [0, 0.1) is 19.8 Å². The number of thiocarbonyl (C=S) groups is 1. The van der Waals surface area contributed by atoms with Gasteiger partial charge in [0.2, 0.25) is 0 Å². The molecule has 5 nitrogen and oxygen atoms in total. The maximum absolute atomic E-state index is 13.5. The van der Waals surface area contributed by atoms with Gasteiger partial charge in [0.15, 0.2) is 16.8 Å². The second kappa shape index (κ2) is 8.85. The van der Waals surface area contributed by atoms with Crippen molar-refractivity contribution in [2.75, 3.05) is 9.80 Å². The fraction of sp³-hybridized carbons (Fsp3) is 0.154. The number of ketones is 1. The summed E-state index contributed by atoms with van der Waals surface area (Å²) in [5.74, 6) is -3.15. The monoisotopic (exact) mass is 442 g/mol. The van der Waals surface area contributed by atoms with Crippen molar-refractivity contribution in [3.05, 3.63) is 95.6 Å². The normalized spacial score (nSPS) is 14.8. The number of aryl methyl sites for hydroxylation is 2. The van der Waals surface area contributed by atoms with Crippen LogP contribution in [0.15, 0.2) is 78.9 Å². The molecule has 1 heterocycles. The Labute approximate surface area is 192 Å². The minimum absolute atomic E-state index is 0.0148. The molecular formula is C26H22N2O3S. The molecule has 0 aromatic heterocycles. The molecule has 2 amide bonds. The summed E-state index contributed by atoms with van der Waals surface area (Å²) >= 11 is 5.62. The van der Waals surface area contributed by atoms with E-state index in [1.807, 2.05) is 68.4 Å². The predicted molar refractivity (Wildman–Crippen MR) is 129 cm³/mol. The molecule has 1 saturated heterocycles. The number of Topliss-reactive ketones (excluding diaryl/α,β-unsaturated/α-hetero) is 1. The van der Waals surface area contributed by atoms with Crippen LogP contribution in [0.3, 0.4) is 0 Å². The molecule has 0 unspecified atom stereocenters. The highest BCUT2D eigenvalue weighted by atomic mass is 32.1. The lowest BCUT2D eigenvalue weighted by molar-refractivity contribution is -0.139. The van der Waals surface area contributed by atoms with Crippen LogP contribution in [-0.4, -0.2) is 22.7 Å². The van der Waals surface area contributed by atoms with Crippen molar-refractivity contribution < 1.29 is 14.4 Å². The van der Waals surface area contributed by atoms with Gasteiger partial charge in [0.05, 0.1) is 11.4 Å². The Bertz CT molecular complexity index is 1160. The van der Waals surface area contributed by atoms with E-state index in [-0.39, 0.29) is 11.5 Å². The minimum Gasteiger partial charge on any atom is -0.298 e. The lowest BCUT2D eigenvalue weighted by Crippen LogP contribution is -2.62. The summed E-state index contributed by atoms with van der Waals surface area (Å²) in [5, 5.41) is 0.0416. The van der Waals surface area contributed by atoms with Gasteiger partial charge in [-0.2, -0.15) is 0 Å². The third-order valence-electron chi connectivity index (χ3n) is 5.38. The highest BCUT2D eigenvalue weighted by molar-refractivity contribution is 7.81. The lowest BCUT2D eigenvalue weighted by Gasteiger charge is -2.39. The van der Waals surface area contributed by atoms with E-state index in [9.17, 15) is 14.4 Å². The van der Waals surface area contributed by atoms with Gasteiger partial charge >= 0.3 is 0 Å². The minimum atomic E-state index is -1.47. The molecule has 0 atom stereocenters. The number of hydrogen-bond acceptors (Lipinski definition) is 4. The Balaban J connectivity index is 1.79. The van der Waals surface area contributed by atoms with E-state index in [0.717, 1.165) is 16.7 Å². The first-order valence-corrected chi connectivity index (χ1v) is 10.7. The smallest absolute Gasteiger partial charge is 0.253 e. The fourth-order valence-corrected chi connectivity index (χ4v) is 4.23. The maximum Gasteiger partial charge on any atom is 0.253 e. The Morgan fingerprint density at radius 1 is 0.781 bits per heavy atom.